The minimum absolute atomic E-state index is 0.0232. The van der Waals surface area contributed by atoms with Gasteiger partial charge in [-0.25, -0.2) is 14.5 Å². The molecule has 0 aromatic carbocycles. The fourth-order valence-corrected chi connectivity index (χ4v) is 2.55. The van der Waals surface area contributed by atoms with Crippen molar-refractivity contribution in [2.45, 2.75) is 25.6 Å². The second kappa shape index (κ2) is 4.62. The Morgan fingerprint density at radius 3 is 3.22 bits per heavy atom. The third-order valence-corrected chi connectivity index (χ3v) is 3.35. The van der Waals surface area contributed by atoms with Crippen LogP contribution in [0.5, 0.6) is 0 Å². The molecule has 1 aliphatic heterocycles. The van der Waals surface area contributed by atoms with Gasteiger partial charge in [0, 0.05) is 7.11 Å². The van der Waals surface area contributed by atoms with Gasteiger partial charge in [-0.05, 0) is 12.3 Å². The maximum absolute atomic E-state index is 6.02. The average molecular weight is 248 g/mol. The Morgan fingerprint density at radius 2 is 2.39 bits per heavy atom. The molecule has 0 bridgehead atoms. The summed E-state index contributed by atoms with van der Waals surface area (Å²) < 4.78 is 13.0. The summed E-state index contributed by atoms with van der Waals surface area (Å²) in [7, 11) is 1.70. The first-order valence-corrected chi connectivity index (χ1v) is 6.07. The number of hydrogen-bond donors (Lipinski definition) is 0. The van der Waals surface area contributed by atoms with Crippen molar-refractivity contribution in [3.63, 3.8) is 0 Å². The first kappa shape index (κ1) is 11.6. The summed E-state index contributed by atoms with van der Waals surface area (Å²) in [5, 5.41) is 4.22. The number of rotatable bonds is 3. The van der Waals surface area contributed by atoms with Gasteiger partial charge in [0.2, 0.25) is 0 Å². The van der Waals surface area contributed by atoms with Crippen LogP contribution in [0.1, 0.15) is 25.1 Å². The van der Waals surface area contributed by atoms with Crippen LogP contribution < -0.4 is 0 Å². The minimum Gasteiger partial charge on any atom is -0.382 e. The van der Waals surface area contributed by atoms with Crippen LogP contribution in [0.2, 0.25) is 0 Å². The van der Waals surface area contributed by atoms with Crippen molar-refractivity contribution < 1.29 is 9.47 Å². The number of fused-ring (bicyclic) bond motifs is 1. The van der Waals surface area contributed by atoms with Gasteiger partial charge in [-0.1, -0.05) is 6.92 Å². The molecule has 2 aromatic rings. The van der Waals surface area contributed by atoms with Gasteiger partial charge in [0.05, 0.1) is 30.8 Å². The van der Waals surface area contributed by atoms with Crippen molar-refractivity contribution >= 4 is 5.65 Å². The van der Waals surface area contributed by atoms with Crippen molar-refractivity contribution in [2.24, 2.45) is 5.92 Å². The maximum Gasteiger partial charge on any atom is 0.172 e. The Balaban J connectivity index is 1.90. The molecule has 0 radical (unpaired) electrons. The van der Waals surface area contributed by atoms with Crippen molar-refractivity contribution in [3.05, 3.63) is 24.4 Å². The fourth-order valence-electron chi connectivity index (χ4n) is 2.55. The molecule has 3 rings (SSSR count). The molecule has 1 aliphatic rings. The summed E-state index contributed by atoms with van der Waals surface area (Å²) in [6.07, 6.45) is 6.21. The van der Waals surface area contributed by atoms with Crippen molar-refractivity contribution in [2.75, 3.05) is 13.7 Å². The molecule has 18 heavy (non-hydrogen) atoms. The summed E-state index contributed by atoms with van der Waals surface area (Å²) in [6.45, 7) is 2.81. The van der Waals surface area contributed by atoms with Gasteiger partial charge < -0.3 is 9.47 Å². The molecule has 0 unspecified atom stereocenters. The Hall–Kier alpha value is -1.53. The molecule has 3 atom stereocenters. The number of hydrogen-bond acceptors (Lipinski definition) is 5. The van der Waals surface area contributed by atoms with Gasteiger partial charge in [0.15, 0.2) is 5.65 Å². The molecule has 0 saturated carbocycles. The second-order valence-corrected chi connectivity index (χ2v) is 4.71. The van der Waals surface area contributed by atoms with E-state index in [-0.39, 0.29) is 12.2 Å². The third kappa shape index (κ3) is 1.87. The largest absolute Gasteiger partial charge is 0.382 e. The highest BCUT2D eigenvalue weighted by atomic mass is 16.5. The Bertz CT molecular complexity index is 542. The lowest BCUT2D eigenvalue weighted by Crippen LogP contribution is -2.14. The molecule has 1 fully saturated rings. The lowest BCUT2D eigenvalue weighted by atomic mass is 10.00. The van der Waals surface area contributed by atoms with E-state index in [0.717, 1.165) is 17.8 Å². The molecule has 96 valence electrons. The lowest BCUT2D eigenvalue weighted by Gasteiger charge is -2.14. The Labute approximate surface area is 105 Å². The van der Waals surface area contributed by atoms with Gasteiger partial charge >= 0.3 is 0 Å². The summed E-state index contributed by atoms with van der Waals surface area (Å²) in [4.78, 5) is 8.26. The Morgan fingerprint density at radius 1 is 1.50 bits per heavy atom. The monoisotopic (exact) mass is 248 g/mol. The third-order valence-electron chi connectivity index (χ3n) is 3.35. The minimum atomic E-state index is 0.0232. The van der Waals surface area contributed by atoms with Crippen molar-refractivity contribution in [1.82, 2.24) is 19.6 Å². The van der Waals surface area contributed by atoms with E-state index < -0.39 is 0 Å². The fraction of sp³-hybridized carbons (Fsp3) is 0.583. The van der Waals surface area contributed by atoms with Crippen LogP contribution in [0.15, 0.2) is 18.7 Å². The zero-order chi connectivity index (χ0) is 12.5. The van der Waals surface area contributed by atoms with E-state index in [2.05, 4.69) is 22.0 Å². The summed E-state index contributed by atoms with van der Waals surface area (Å²) >= 11 is 0. The topological polar surface area (TPSA) is 61.5 Å². The maximum atomic E-state index is 6.02. The van der Waals surface area contributed by atoms with Crippen molar-refractivity contribution in [3.8, 4) is 0 Å². The van der Waals surface area contributed by atoms with Crippen LogP contribution in [0, 0.1) is 5.92 Å². The number of methoxy groups -OCH3 is 1. The predicted molar refractivity (Wildman–Crippen MR) is 64.1 cm³/mol. The quantitative estimate of drug-likeness (QED) is 0.817. The predicted octanol–water partition coefficient (Wildman–Crippen LogP) is 1.24. The van der Waals surface area contributed by atoms with E-state index in [1.165, 1.54) is 6.33 Å². The molecule has 0 amide bonds. The molecule has 3 heterocycles. The van der Waals surface area contributed by atoms with E-state index >= 15 is 0 Å². The first-order chi connectivity index (χ1) is 8.79. The highest BCUT2D eigenvalue weighted by Crippen LogP contribution is 2.37. The summed E-state index contributed by atoms with van der Waals surface area (Å²) in [6, 6.07) is 0. The molecular weight excluding hydrogens is 232 g/mol. The number of imidazole rings is 1. The summed E-state index contributed by atoms with van der Waals surface area (Å²) in [5.74, 6) is 0.431. The SMILES string of the molecule is COC[C@@H]1C[C@H](C)[C@H](c2cnc3cncnn23)O1. The van der Waals surface area contributed by atoms with E-state index in [0.29, 0.717) is 12.5 Å². The van der Waals surface area contributed by atoms with Crippen LogP contribution in [0.4, 0.5) is 0 Å². The van der Waals surface area contributed by atoms with Crippen LogP contribution in [0.25, 0.3) is 5.65 Å². The van der Waals surface area contributed by atoms with Gasteiger partial charge in [0.1, 0.15) is 12.4 Å². The van der Waals surface area contributed by atoms with E-state index in [4.69, 9.17) is 9.47 Å². The molecule has 1 saturated heterocycles. The van der Waals surface area contributed by atoms with Gasteiger partial charge in [-0.3, -0.25) is 0 Å². The first-order valence-electron chi connectivity index (χ1n) is 6.07. The van der Waals surface area contributed by atoms with Crippen molar-refractivity contribution in [1.29, 1.82) is 0 Å². The van der Waals surface area contributed by atoms with E-state index in [1.54, 1.807) is 17.8 Å². The molecule has 6 heteroatoms. The number of aromatic nitrogens is 4. The van der Waals surface area contributed by atoms with Gasteiger partial charge in [0.25, 0.3) is 0 Å². The average Bonchev–Trinajstić information content (AvgIpc) is 2.93. The number of ether oxygens (including phenoxy) is 2. The molecule has 0 N–H and O–H groups in total. The van der Waals surface area contributed by atoms with Gasteiger partial charge in [-0.15, -0.1) is 0 Å². The lowest BCUT2D eigenvalue weighted by molar-refractivity contribution is -0.00912. The van der Waals surface area contributed by atoms with Gasteiger partial charge in [-0.2, -0.15) is 5.10 Å². The standard InChI is InChI=1S/C12H16N4O2/c1-8-3-9(6-17-2)18-12(8)10-4-14-11-5-13-7-15-16(10)11/h4-5,7-9,12H,3,6H2,1-2H3/t8-,9-,12+/m0/s1. The highest BCUT2D eigenvalue weighted by molar-refractivity contribution is 5.35. The molecule has 6 nitrogen and oxygen atoms in total. The Kier molecular flexibility index (Phi) is 2.97. The second-order valence-electron chi connectivity index (χ2n) is 4.71. The van der Waals surface area contributed by atoms with Crippen LogP contribution in [-0.2, 0) is 9.47 Å². The number of nitrogens with zero attached hydrogens (tertiary/aromatic N) is 4. The molecular formula is C12H16N4O2. The van der Waals surface area contributed by atoms with E-state index in [9.17, 15) is 0 Å². The highest BCUT2D eigenvalue weighted by Gasteiger charge is 2.35. The molecule has 0 spiro atoms. The zero-order valence-corrected chi connectivity index (χ0v) is 10.5. The molecule has 0 aliphatic carbocycles. The van der Waals surface area contributed by atoms with Crippen LogP contribution >= 0.6 is 0 Å². The normalized spacial score (nSPS) is 28.0. The van der Waals surface area contributed by atoms with E-state index in [1.807, 2.05) is 6.20 Å². The van der Waals surface area contributed by atoms with Crippen LogP contribution in [-0.4, -0.2) is 39.4 Å². The molecule has 2 aromatic heterocycles. The van der Waals surface area contributed by atoms with Crippen LogP contribution in [0.3, 0.4) is 0 Å². The summed E-state index contributed by atoms with van der Waals surface area (Å²) in [5.41, 5.74) is 1.73. The smallest absolute Gasteiger partial charge is 0.172 e. The zero-order valence-electron chi connectivity index (χ0n) is 10.5.